The molecule has 0 spiro atoms. The normalized spacial score (nSPS) is 18.8. The molecule has 1 aliphatic rings. The summed E-state index contributed by atoms with van der Waals surface area (Å²) in [6.07, 6.45) is 2.81. The van der Waals surface area contributed by atoms with Gasteiger partial charge in [-0.15, -0.1) is 15.3 Å². The largest absolute Gasteiger partial charge is 0.355 e. The second-order valence-corrected chi connectivity index (χ2v) is 5.17. The fourth-order valence-electron chi connectivity index (χ4n) is 2.85. The van der Waals surface area contributed by atoms with E-state index in [1.54, 1.807) is 10.8 Å². The van der Waals surface area contributed by atoms with Gasteiger partial charge in [0.05, 0.1) is 0 Å². The summed E-state index contributed by atoms with van der Waals surface area (Å²) in [4.78, 5) is 2.33. The first-order chi connectivity index (χ1) is 9.90. The predicted molar refractivity (Wildman–Crippen MR) is 76.8 cm³/mol. The van der Waals surface area contributed by atoms with Crippen LogP contribution in [0.3, 0.4) is 0 Å². The Labute approximate surface area is 116 Å². The highest BCUT2D eigenvalue weighted by Crippen LogP contribution is 2.29. The van der Waals surface area contributed by atoms with Crippen LogP contribution in [-0.2, 0) is 0 Å². The van der Waals surface area contributed by atoms with Gasteiger partial charge in [0.2, 0.25) is 0 Å². The lowest BCUT2D eigenvalue weighted by Gasteiger charge is -2.17. The van der Waals surface area contributed by atoms with E-state index in [2.05, 4.69) is 50.5 Å². The van der Waals surface area contributed by atoms with Crippen molar-refractivity contribution < 1.29 is 0 Å². The van der Waals surface area contributed by atoms with E-state index in [0.29, 0.717) is 5.92 Å². The summed E-state index contributed by atoms with van der Waals surface area (Å²) in [5.41, 5.74) is 2.20. The highest BCUT2D eigenvalue weighted by molar-refractivity contribution is 5.46. The smallest absolute Gasteiger partial charge is 0.177 e. The topological polar surface area (TPSA) is 46.3 Å². The maximum atomic E-state index is 4.56. The third-order valence-electron chi connectivity index (χ3n) is 3.93. The molecule has 1 saturated heterocycles. The summed E-state index contributed by atoms with van der Waals surface area (Å²) in [6, 6.07) is 14.7. The number of rotatable bonds is 2. The third-order valence-corrected chi connectivity index (χ3v) is 3.93. The Morgan fingerprint density at radius 3 is 2.85 bits per heavy atom. The SMILES string of the molecule is c1ccc(C2CCN(c3ccc4nncn4n3)C2)cc1. The third kappa shape index (κ3) is 1.91. The molecule has 3 aromatic rings. The van der Waals surface area contributed by atoms with Crippen molar-refractivity contribution in [3.63, 3.8) is 0 Å². The lowest BCUT2D eigenvalue weighted by atomic mass is 9.99. The summed E-state index contributed by atoms with van der Waals surface area (Å²) < 4.78 is 1.73. The quantitative estimate of drug-likeness (QED) is 0.712. The minimum Gasteiger partial charge on any atom is -0.355 e. The highest BCUT2D eigenvalue weighted by atomic mass is 15.4. The van der Waals surface area contributed by atoms with Crippen molar-refractivity contribution in [2.24, 2.45) is 0 Å². The molecule has 100 valence electrons. The molecule has 0 N–H and O–H groups in total. The van der Waals surface area contributed by atoms with Crippen LogP contribution in [0.2, 0.25) is 0 Å². The van der Waals surface area contributed by atoms with Crippen molar-refractivity contribution in [2.45, 2.75) is 12.3 Å². The van der Waals surface area contributed by atoms with Crippen LogP contribution in [0.15, 0.2) is 48.8 Å². The number of benzene rings is 1. The van der Waals surface area contributed by atoms with Crippen LogP contribution in [0, 0.1) is 0 Å². The molecule has 1 unspecified atom stereocenters. The number of aromatic nitrogens is 4. The molecule has 1 aromatic carbocycles. The molecular formula is C15H15N5. The van der Waals surface area contributed by atoms with E-state index in [4.69, 9.17) is 0 Å². The number of hydrogen-bond donors (Lipinski definition) is 0. The first kappa shape index (κ1) is 11.4. The minimum atomic E-state index is 0.592. The molecule has 0 bridgehead atoms. The van der Waals surface area contributed by atoms with Gasteiger partial charge in [-0.05, 0) is 24.1 Å². The van der Waals surface area contributed by atoms with Crippen LogP contribution < -0.4 is 4.90 Å². The van der Waals surface area contributed by atoms with Crippen LogP contribution in [0.5, 0.6) is 0 Å². The Balaban J connectivity index is 1.58. The monoisotopic (exact) mass is 265 g/mol. The molecule has 2 aromatic heterocycles. The van der Waals surface area contributed by atoms with Gasteiger partial charge in [-0.3, -0.25) is 0 Å². The van der Waals surface area contributed by atoms with E-state index in [-0.39, 0.29) is 0 Å². The predicted octanol–water partition coefficient (Wildman–Crippen LogP) is 2.12. The van der Waals surface area contributed by atoms with Crippen molar-refractivity contribution in [3.05, 3.63) is 54.4 Å². The number of anilines is 1. The average Bonchev–Trinajstić information content (AvgIpc) is 3.16. The molecule has 1 fully saturated rings. The molecular weight excluding hydrogens is 250 g/mol. The lowest BCUT2D eigenvalue weighted by Crippen LogP contribution is -2.21. The van der Waals surface area contributed by atoms with Gasteiger partial charge in [-0.1, -0.05) is 30.3 Å². The molecule has 5 nitrogen and oxygen atoms in total. The zero-order chi connectivity index (χ0) is 13.4. The Bertz CT molecular complexity index is 721. The standard InChI is InChI=1S/C15H15N5/c1-2-4-12(5-3-1)13-8-9-19(10-13)15-7-6-14-17-16-11-20(14)18-15/h1-7,11,13H,8-10H2. The van der Waals surface area contributed by atoms with Gasteiger partial charge in [0.15, 0.2) is 5.65 Å². The minimum absolute atomic E-state index is 0.592. The summed E-state index contributed by atoms with van der Waals surface area (Å²) in [5, 5.41) is 12.4. The molecule has 5 heteroatoms. The van der Waals surface area contributed by atoms with Crippen molar-refractivity contribution in [1.82, 2.24) is 19.8 Å². The van der Waals surface area contributed by atoms with Crippen LogP contribution in [0.25, 0.3) is 5.65 Å². The highest BCUT2D eigenvalue weighted by Gasteiger charge is 2.24. The summed E-state index contributed by atoms with van der Waals surface area (Å²) >= 11 is 0. The molecule has 3 heterocycles. The summed E-state index contributed by atoms with van der Waals surface area (Å²) in [6.45, 7) is 2.06. The zero-order valence-electron chi connectivity index (χ0n) is 11.1. The van der Waals surface area contributed by atoms with Gasteiger partial charge in [-0.2, -0.15) is 4.52 Å². The molecule has 1 aliphatic heterocycles. The number of nitrogens with zero attached hydrogens (tertiary/aromatic N) is 5. The number of fused-ring (bicyclic) bond motifs is 1. The van der Waals surface area contributed by atoms with Gasteiger partial charge in [0.25, 0.3) is 0 Å². The van der Waals surface area contributed by atoms with E-state index >= 15 is 0 Å². The zero-order valence-corrected chi connectivity index (χ0v) is 11.1. The first-order valence-corrected chi connectivity index (χ1v) is 6.87. The van der Waals surface area contributed by atoms with Gasteiger partial charge >= 0.3 is 0 Å². The van der Waals surface area contributed by atoms with Crippen molar-refractivity contribution in [3.8, 4) is 0 Å². The van der Waals surface area contributed by atoms with Gasteiger partial charge in [0.1, 0.15) is 12.1 Å². The van der Waals surface area contributed by atoms with Gasteiger partial charge in [0, 0.05) is 19.0 Å². The molecule has 1 atom stereocenters. The average molecular weight is 265 g/mol. The van der Waals surface area contributed by atoms with Gasteiger partial charge < -0.3 is 4.90 Å². The molecule has 0 amide bonds. The summed E-state index contributed by atoms with van der Waals surface area (Å²) in [5.74, 6) is 1.59. The number of hydrogen-bond acceptors (Lipinski definition) is 4. The van der Waals surface area contributed by atoms with Crippen molar-refractivity contribution in [1.29, 1.82) is 0 Å². The van der Waals surface area contributed by atoms with Crippen LogP contribution in [0.1, 0.15) is 17.9 Å². The van der Waals surface area contributed by atoms with E-state index in [0.717, 1.165) is 24.6 Å². The molecule has 20 heavy (non-hydrogen) atoms. The van der Waals surface area contributed by atoms with E-state index in [1.165, 1.54) is 12.0 Å². The Kier molecular flexibility index (Phi) is 2.62. The molecule has 0 radical (unpaired) electrons. The van der Waals surface area contributed by atoms with E-state index in [1.807, 2.05) is 12.1 Å². The maximum Gasteiger partial charge on any atom is 0.177 e. The van der Waals surface area contributed by atoms with Crippen LogP contribution in [-0.4, -0.2) is 32.9 Å². The second kappa shape index (κ2) is 4.59. The summed E-state index contributed by atoms with van der Waals surface area (Å²) in [7, 11) is 0. The molecule has 0 saturated carbocycles. The Morgan fingerprint density at radius 1 is 1.05 bits per heavy atom. The fraction of sp³-hybridized carbons (Fsp3) is 0.267. The Morgan fingerprint density at radius 2 is 1.95 bits per heavy atom. The fourth-order valence-corrected chi connectivity index (χ4v) is 2.85. The molecule has 4 rings (SSSR count). The second-order valence-electron chi connectivity index (χ2n) is 5.17. The van der Waals surface area contributed by atoms with E-state index < -0.39 is 0 Å². The van der Waals surface area contributed by atoms with Crippen molar-refractivity contribution in [2.75, 3.05) is 18.0 Å². The maximum absolute atomic E-state index is 4.56. The lowest BCUT2D eigenvalue weighted by molar-refractivity contribution is 0.772. The van der Waals surface area contributed by atoms with Crippen LogP contribution in [0.4, 0.5) is 5.82 Å². The molecule has 0 aliphatic carbocycles. The first-order valence-electron chi connectivity index (χ1n) is 6.87. The van der Waals surface area contributed by atoms with Crippen molar-refractivity contribution >= 4 is 11.5 Å². The Hall–Kier alpha value is -2.43. The van der Waals surface area contributed by atoms with Gasteiger partial charge in [-0.25, -0.2) is 0 Å². The van der Waals surface area contributed by atoms with Crippen LogP contribution >= 0.6 is 0 Å². The van der Waals surface area contributed by atoms with E-state index in [9.17, 15) is 0 Å².